The Morgan fingerprint density at radius 2 is 1.93 bits per heavy atom. The van der Waals surface area contributed by atoms with Crippen LogP contribution in [-0.4, -0.2) is 42.0 Å². The van der Waals surface area contributed by atoms with Crippen molar-refractivity contribution < 1.29 is 4.79 Å². The molecular weight excluding hydrogens is 346 g/mol. The summed E-state index contributed by atoms with van der Waals surface area (Å²) in [5, 5.41) is 3.55. The summed E-state index contributed by atoms with van der Waals surface area (Å²) in [6, 6.07) is 15.0. The molecule has 0 bridgehead atoms. The van der Waals surface area contributed by atoms with Gasteiger partial charge in [-0.15, -0.1) is 0 Å². The number of nitrogens with one attached hydrogen (secondary N) is 1. The number of fused-ring (bicyclic) bond motifs is 2. The third kappa shape index (κ3) is 2.95. The van der Waals surface area contributed by atoms with Crippen molar-refractivity contribution in [3.05, 3.63) is 65.5 Å². The maximum atomic E-state index is 13.6. The number of pyridine rings is 1. The van der Waals surface area contributed by atoms with E-state index in [0.717, 1.165) is 58.3 Å². The van der Waals surface area contributed by atoms with E-state index in [1.54, 1.807) is 0 Å². The van der Waals surface area contributed by atoms with Crippen molar-refractivity contribution in [1.29, 1.82) is 0 Å². The number of likely N-dealkylation sites (tertiary alicyclic amines) is 1. The molecule has 2 aromatic rings. The average Bonchev–Trinajstić information content (AvgIpc) is 3.18. The first-order valence-electron chi connectivity index (χ1n) is 10.8. The minimum atomic E-state index is -0.0603. The lowest BCUT2D eigenvalue weighted by Gasteiger charge is -2.42. The number of hydrogen-bond acceptors (Lipinski definition) is 3. The average molecular weight is 376 g/mol. The predicted octanol–water partition coefficient (Wildman–Crippen LogP) is 3.28. The summed E-state index contributed by atoms with van der Waals surface area (Å²) in [5.74, 6) is 0.984. The second-order valence-electron chi connectivity index (χ2n) is 8.70. The van der Waals surface area contributed by atoms with E-state index in [-0.39, 0.29) is 11.3 Å². The summed E-state index contributed by atoms with van der Waals surface area (Å²) < 4.78 is 0. The molecule has 0 saturated carbocycles. The first-order chi connectivity index (χ1) is 13.8. The van der Waals surface area contributed by atoms with Crippen molar-refractivity contribution in [1.82, 2.24) is 15.2 Å². The molecule has 0 radical (unpaired) electrons. The molecule has 2 saturated heterocycles. The molecule has 3 aliphatic rings. The highest BCUT2D eigenvalue weighted by Crippen LogP contribution is 2.45. The summed E-state index contributed by atoms with van der Waals surface area (Å²) in [6.07, 6.45) is 7.30. The quantitative estimate of drug-likeness (QED) is 0.876. The molecule has 1 aliphatic carbocycles. The van der Waals surface area contributed by atoms with E-state index in [1.807, 2.05) is 12.3 Å². The van der Waals surface area contributed by atoms with Gasteiger partial charge in [0.25, 0.3) is 0 Å². The van der Waals surface area contributed by atoms with Crippen LogP contribution in [0, 0.1) is 5.92 Å². The van der Waals surface area contributed by atoms with Crippen molar-refractivity contribution in [2.75, 3.05) is 26.2 Å². The highest BCUT2D eigenvalue weighted by molar-refractivity contribution is 5.82. The Bertz CT molecular complexity index is 844. The van der Waals surface area contributed by atoms with E-state index in [2.05, 4.69) is 51.6 Å². The lowest BCUT2D eigenvalue weighted by molar-refractivity contribution is -0.138. The lowest BCUT2D eigenvalue weighted by atomic mass is 9.65. The molecule has 2 atom stereocenters. The van der Waals surface area contributed by atoms with Crippen LogP contribution in [0.3, 0.4) is 0 Å². The summed E-state index contributed by atoms with van der Waals surface area (Å²) >= 11 is 0. The van der Waals surface area contributed by atoms with Crippen LogP contribution in [0.4, 0.5) is 0 Å². The van der Waals surface area contributed by atoms with Crippen LogP contribution >= 0.6 is 0 Å². The van der Waals surface area contributed by atoms with Gasteiger partial charge in [-0.25, -0.2) is 0 Å². The molecule has 1 aromatic carbocycles. The van der Waals surface area contributed by atoms with Crippen LogP contribution in [-0.2, 0) is 16.6 Å². The van der Waals surface area contributed by atoms with E-state index >= 15 is 0 Å². The molecule has 2 fully saturated rings. The van der Waals surface area contributed by atoms with Gasteiger partial charge in [0.1, 0.15) is 0 Å². The SMILES string of the molecule is O=C(C1CNCC12CCCc1ncccc12)N1CCC(c2ccccc2)CC1. The molecule has 5 rings (SSSR count). The molecule has 3 heterocycles. The van der Waals surface area contributed by atoms with E-state index in [0.29, 0.717) is 11.8 Å². The second kappa shape index (κ2) is 7.32. The minimum Gasteiger partial charge on any atom is -0.342 e. The van der Waals surface area contributed by atoms with Gasteiger partial charge in [0, 0.05) is 43.5 Å². The van der Waals surface area contributed by atoms with Gasteiger partial charge in [0.05, 0.1) is 5.92 Å². The van der Waals surface area contributed by atoms with E-state index in [9.17, 15) is 4.79 Å². The highest BCUT2D eigenvalue weighted by atomic mass is 16.2. The number of piperidine rings is 1. The first-order valence-corrected chi connectivity index (χ1v) is 10.8. The number of aromatic nitrogens is 1. The Kier molecular flexibility index (Phi) is 4.67. The van der Waals surface area contributed by atoms with Gasteiger partial charge in [-0.2, -0.15) is 0 Å². The van der Waals surface area contributed by atoms with E-state index in [1.165, 1.54) is 16.8 Å². The summed E-state index contributed by atoms with van der Waals surface area (Å²) in [6.45, 7) is 3.46. The Labute approximate surface area is 167 Å². The highest BCUT2D eigenvalue weighted by Gasteiger charge is 2.51. The van der Waals surface area contributed by atoms with Gasteiger partial charge in [-0.3, -0.25) is 9.78 Å². The van der Waals surface area contributed by atoms with Crippen LogP contribution in [0.5, 0.6) is 0 Å². The Hall–Kier alpha value is -2.20. The first kappa shape index (κ1) is 17.9. The molecule has 4 heteroatoms. The molecule has 1 spiro atoms. The number of hydrogen-bond donors (Lipinski definition) is 1. The Morgan fingerprint density at radius 1 is 1.11 bits per heavy atom. The van der Waals surface area contributed by atoms with Crippen molar-refractivity contribution >= 4 is 5.91 Å². The third-order valence-electron chi connectivity index (χ3n) is 7.29. The van der Waals surface area contributed by atoms with Gasteiger partial charge in [0.15, 0.2) is 0 Å². The fourth-order valence-electron chi connectivity index (χ4n) is 5.80. The van der Waals surface area contributed by atoms with Crippen LogP contribution < -0.4 is 5.32 Å². The van der Waals surface area contributed by atoms with Gasteiger partial charge in [-0.1, -0.05) is 36.4 Å². The zero-order valence-electron chi connectivity index (χ0n) is 16.4. The summed E-state index contributed by atoms with van der Waals surface area (Å²) in [7, 11) is 0. The molecule has 146 valence electrons. The van der Waals surface area contributed by atoms with E-state index in [4.69, 9.17) is 0 Å². The predicted molar refractivity (Wildman–Crippen MR) is 110 cm³/mol. The zero-order valence-corrected chi connectivity index (χ0v) is 16.4. The maximum absolute atomic E-state index is 13.6. The third-order valence-corrected chi connectivity index (χ3v) is 7.29. The largest absolute Gasteiger partial charge is 0.342 e. The Balaban J connectivity index is 1.34. The van der Waals surface area contributed by atoms with Crippen LogP contribution in [0.1, 0.15) is 48.4 Å². The van der Waals surface area contributed by atoms with E-state index < -0.39 is 0 Å². The maximum Gasteiger partial charge on any atom is 0.227 e. The summed E-state index contributed by atoms with van der Waals surface area (Å²) in [4.78, 5) is 20.4. The monoisotopic (exact) mass is 375 g/mol. The number of benzene rings is 1. The molecule has 2 unspecified atom stereocenters. The molecule has 2 aliphatic heterocycles. The standard InChI is InChI=1S/C24H29N3O/c28-23(27-14-10-19(11-15-27)18-6-2-1-3-7-18)21-16-25-17-24(21)12-4-9-22-20(24)8-5-13-26-22/h1-3,5-8,13,19,21,25H,4,9-12,14-17H2. The van der Waals surface area contributed by atoms with Gasteiger partial charge >= 0.3 is 0 Å². The topological polar surface area (TPSA) is 45.2 Å². The van der Waals surface area contributed by atoms with Gasteiger partial charge in [0.2, 0.25) is 5.91 Å². The van der Waals surface area contributed by atoms with Crippen LogP contribution in [0.25, 0.3) is 0 Å². The second-order valence-corrected chi connectivity index (χ2v) is 8.70. The van der Waals surface area contributed by atoms with Gasteiger partial charge in [-0.05, 0) is 55.2 Å². The minimum absolute atomic E-state index is 0.0454. The van der Waals surface area contributed by atoms with Crippen LogP contribution in [0.15, 0.2) is 48.7 Å². The van der Waals surface area contributed by atoms with Crippen molar-refractivity contribution in [3.63, 3.8) is 0 Å². The fourth-order valence-corrected chi connectivity index (χ4v) is 5.80. The molecule has 28 heavy (non-hydrogen) atoms. The molecule has 4 nitrogen and oxygen atoms in total. The van der Waals surface area contributed by atoms with Crippen molar-refractivity contribution in [2.24, 2.45) is 5.92 Å². The number of rotatable bonds is 2. The number of carbonyl (C=O) groups excluding carboxylic acids is 1. The summed E-state index contributed by atoms with van der Waals surface area (Å²) in [5.41, 5.74) is 3.89. The van der Waals surface area contributed by atoms with Crippen molar-refractivity contribution in [2.45, 2.75) is 43.4 Å². The number of nitrogens with zero attached hydrogens (tertiary/aromatic N) is 2. The molecule has 1 N–H and O–H groups in total. The van der Waals surface area contributed by atoms with Gasteiger partial charge < -0.3 is 10.2 Å². The fraction of sp³-hybridized carbons (Fsp3) is 0.500. The number of aryl methyl sites for hydroxylation is 1. The molecule has 1 aromatic heterocycles. The number of amides is 1. The smallest absolute Gasteiger partial charge is 0.227 e. The van der Waals surface area contributed by atoms with Crippen LogP contribution in [0.2, 0.25) is 0 Å². The molecular formula is C24H29N3O. The Morgan fingerprint density at radius 3 is 2.75 bits per heavy atom. The zero-order chi connectivity index (χ0) is 19.0. The van der Waals surface area contributed by atoms with Crippen molar-refractivity contribution in [3.8, 4) is 0 Å². The normalized spacial score (nSPS) is 27.7. The lowest BCUT2D eigenvalue weighted by Crippen LogP contribution is -2.49. The number of carbonyl (C=O) groups is 1. The molecule has 1 amide bonds.